The van der Waals surface area contributed by atoms with Crippen LogP contribution in [-0.4, -0.2) is 93.1 Å². The van der Waals surface area contributed by atoms with E-state index in [1.54, 1.807) is 22.2 Å². The maximum absolute atomic E-state index is 13.4. The van der Waals surface area contributed by atoms with Gasteiger partial charge in [0.25, 0.3) is 0 Å². The smallest absolute Gasteiger partial charge is 0.407 e. The Morgan fingerprint density at radius 2 is 1.35 bits per heavy atom. The molecule has 2 aliphatic heterocycles. The molecular weight excluding hydrogens is 592 g/mol. The van der Waals surface area contributed by atoms with Gasteiger partial charge in [0, 0.05) is 31.4 Å². The van der Waals surface area contributed by atoms with Crippen molar-refractivity contribution in [2.24, 2.45) is 11.8 Å². The normalized spacial score (nSPS) is 19.0. The third-order valence-corrected chi connectivity index (χ3v) is 8.47. The fourth-order valence-corrected chi connectivity index (χ4v) is 5.98. The maximum atomic E-state index is 13.4. The molecule has 0 aromatic carbocycles. The number of aromatic nitrogens is 4. The topological polar surface area (TPSA) is 175 Å². The lowest BCUT2D eigenvalue weighted by molar-refractivity contribution is -0.136. The van der Waals surface area contributed by atoms with E-state index in [1.165, 1.54) is 14.2 Å². The lowest BCUT2D eigenvalue weighted by Gasteiger charge is -2.30. The quantitative estimate of drug-likeness (QED) is 0.287. The number of nitrogens with one attached hydrogen (secondary N) is 4. The SMILES string of the molecule is COC(=O)N[C@H](C(=O)N1CCC[C@H]1c1ncc(C#CCCc2cnc([C@@H]3CCCN3C(=O)[C@@H](NC(=O)OC)C(C)C)[nH]2)[nH]1)C(C)C. The van der Waals surface area contributed by atoms with E-state index < -0.39 is 24.3 Å². The molecule has 2 saturated heterocycles. The first-order chi connectivity index (χ1) is 22.0. The number of likely N-dealkylation sites (tertiary alicyclic amines) is 2. The molecule has 4 N–H and O–H groups in total. The summed E-state index contributed by atoms with van der Waals surface area (Å²) < 4.78 is 9.42. The number of H-pyrrole nitrogens is 2. The van der Waals surface area contributed by atoms with Crippen molar-refractivity contribution < 1.29 is 28.7 Å². The molecule has 2 aromatic heterocycles. The van der Waals surface area contributed by atoms with Crippen LogP contribution >= 0.6 is 0 Å². The third-order valence-electron chi connectivity index (χ3n) is 8.47. The van der Waals surface area contributed by atoms with Crippen LogP contribution in [0.25, 0.3) is 0 Å². The number of alkyl carbamates (subject to hydrolysis) is 2. The number of carbonyl (C=O) groups is 4. The molecule has 2 aromatic rings. The lowest BCUT2D eigenvalue weighted by atomic mass is 10.0. The Morgan fingerprint density at radius 1 is 0.848 bits per heavy atom. The number of nitrogens with zero attached hydrogens (tertiary/aromatic N) is 4. The number of hydrogen-bond acceptors (Lipinski definition) is 8. The van der Waals surface area contributed by atoms with E-state index in [0.717, 1.165) is 37.2 Å². The Bertz CT molecular complexity index is 1440. The Morgan fingerprint density at radius 3 is 1.85 bits per heavy atom. The van der Waals surface area contributed by atoms with Gasteiger partial charge in [-0.2, -0.15) is 0 Å². The van der Waals surface area contributed by atoms with Gasteiger partial charge in [-0.05, 0) is 49.9 Å². The number of ether oxygens (including phenoxy) is 2. The molecule has 0 saturated carbocycles. The van der Waals surface area contributed by atoms with Crippen LogP contribution in [0.4, 0.5) is 9.59 Å². The first kappa shape index (κ1) is 34.3. The predicted molar refractivity (Wildman–Crippen MR) is 168 cm³/mol. The van der Waals surface area contributed by atoms with E-state index in [4.69, 9.17) is 9.47 Å². The molecule has 0 aliphatic carbocycles. The minimum Gasteiger partial charge on any atom is -0.453 e. The molecule has 4 rings (SSSR count). The van der Waals surface area contributed by atoms with Gasteiger partial charge in [0.2, 0.25) is 11.8 Å². The second-order valence-electron chi connectivity index (χ2n) is 12.4. The van der Waals surface area contributed by atoms with Gasteiger partial charge in [-0.1, -0.05) is 33.6 Å². The van der Waals surface area contributed by atoms with Crippen LogP contribution in [0.1, 0.15) is 94.9 Å². The molecule has 0 bridgehead atoms. The van der Waals surface area contributed by atoms with Crippen molar-refractivity contribution in [3.63, 3.8) is 0 Å². The minimum atomic E-state index is -0.692. The zero-order chi connectivity index (χ0) is 33.4. The molecule has 250 valence electrons. The highest BCUT2D eigenvalue weighted by Gasteiger charge is 2.38. The van der Waals surface area contributed by atoms with E-state index in [-0.39, 0.29) is 35.7 Å². The Balaban J connectivity index is 1.34. The largest absolute Gasteiger partial charge is 0.453 e. The molecule has 0 radical (unpaired) electrons. The van der Waals surface area contributed by atoms with Gasteiger partial charge < -0.3 is 39.9 Å². The average molecular weight is 639 g/mol. The summed E-state index contributed by atoms with van der Waals surface area (Å²) in [5, 5.41) is 5.33. The number of hydrogen-bond donors (Lipinski definition) is 4. The van der Waals surface area contributed by atoms with Crippen molar-refractivity contribution in [1.82, 2.24) is 40.4 Å². The third kappa shape index (κ3) is 8.18. The number of carbonyl (C=O) groups excluding carboxylic acids is 4. The molecule has 4 amide bonds. The van der Waals surface area contributed by atoms with Crippen molar-refractivity contribution in [3.8, 4) is 11.8 Å². The molecule has 0 unspecified atom stereocenters. The van der Waals surface area contributed by atoms with Crippen molar-refractivity contribution in [3.05, 3.63) is 35.4 Å². The monoisotopic (exact) mass is 638 g/mol. The number of imidazole rings is 2. The van der Waals surface area contributed by atoms with Crippen LogP contribution in [0.5, 0.6) is 0 Å². The molecule has 2 fully saturated rings. The standard InChI is InChI=1S/C32H46N8O6/c1-19(2)25(37-31(43)45-5)29(41)39-15-9-13-23(39)27-33-17-21(35-27)11-7-8-12-22-18-34-28(36-22)24-14-10-16-40(24)30(42)26(20(3)4)38-32(44)46-6/h17-20,23-26H,7,9-11,13-16H2,1-6H3,(H,33,35)(H,34,36)(H,37,43)(H,38,44)/t23-,24-,25-,26-/m0/s1. The fraction of sp³-hybridized carbons (Fsp3) is 0.625. The summed E-state index contributed by atoms with van der Waals surface area (Å²) in [5.41, 5.74) is 1.58. The Kier molecular flexibility index (Phi) is 11.7. The van der Waals surface area contributed by atoms with E-state index in [9.17, 15) is 19.2 Å². The van der Waals surface area contributed by atoms with Crippen molar-refractivity contribution in [2.45, 2.75) is 90.4 Å². The Hall–Kier alpha value is -4.54. The second-order valence-corrected chi connectivity index (χ2v) is 12.4. The van der Waals surface area contributed by atoms with Gasteiger partial charge in [0.15, 0.2) is 0 Å². The summed E-state index contributed by atoms with van der Waals surface area (Å²) in [6, 6.07) is -1.78. The lowest BCUT2D eigenvalue weighted by Crippen LogP contribution is -2.51. The highest BCUT2D eigenvalue weighted by molar-refractivity contribution is 5.87. The van der Waals surface area contributed by atoms with Crippen molar-refractivity contribution in [2.75, 3.05) is 27.3 Å². The summed E-state index contributed by atoms with van der Waals surface area (Å²) in [4.78, 5) is 69.7. The summed E-state index contributed by atoms with van der Waals surface area (Å²) in [6.07, 6.45) is 6.65. The van der Waals surface area contributed by atoms with Crippen LogP contribution in [0, 0.1) is 23.7 Å². The summed E-state index contributed by atoms with van der Waals surface area (Å²) in [7, 11) is 2.56. The van der Waals surface area contributed by atoms with Crippen LogP contribution in [0.3, 0.4) is 0 Å². The first-order valence-corrected chi connectivity index (χ1v) is 15.9. The molecule has 14 nitrogen and oxygen atoms in total. The molecule has 14 heteroatoms. The molecule has 4 atom stereocenters. The average Bonchev–Trinajstić information content (AvgIpc) is 3.86. The van der Waals surface area contributed by atoms with Crippen LogP contribution in [0.2, 0.25) is 0 Å². The van der Waals surface area contributed by atoms with Gasteiger partial charge in [0.05, 0.1) is 32.5 Å². The van der Waals surface area contributed by atoms with Gasteiger partial charge in [-0.3, -0.25) is 9.59 Å². The number of aromatic amines is 2. The van der Waals surface area contributed by atoms with Gasteiger partial charge in [-0.15, -0.1) is 0 Å². The Labute approximate surface area is 269 Å². The van der Waals surface area contributed by atoms with Gasteiger partial charge in [-0.25, -0.2) is 19.6 Å². The first-order valence-electron chi connectivity index (χ1n) is 15.9. The van der Waals surface area contributed by atoms with E-state index >= 15 is 0 Å². The zero-order valence-electron chi connectivity index (χ0n) is 27.5. The van der Waals surface area contributed by atoms with Crippen LogP contribution < -0.4 is 10.6 Å². The molecule has 2 aliphatic rings. The number of aryl methyl sites for hydroxylation is 1. The zero-order valence-corrected chi connectivity index (χ0v) is 27.5. The van der Waals surface area contributed by atoms with Crippen LogP contribution in [0.15, 0.2) is 12.4 Å². The molecule has 4 heterocycles. The van der Waals surface area contributed by atoms with Crippen LogP contribution in [-0.2, 0) is 25.5 Å². The molecular formula is C32H46N8O6. The number of amides is 4. The second kappa shape index (κ2) is 15.6. The van der Waals surface area contributed by atoms with Crippen molar-refractivity contribution in [1.29, 1.82) is 0 Å². The number of methoxy groups -OCH3 is 2. The van der Waals surface area contributed by atoms with E-state index in [1.807, 2.05) is 27.7 Å². The molecule has 0 spiro atoms. The van der Waals surface area contributed by atoms with Gasteiger partial charge >= 0.3 is 12.2 Å². The van der Waals surface area contributed by atoms with Crippen molar-refractivity contribution >= 4 is 24.0 Å². The number of rotatable bonds is 10. The van der Waals surface area contributed by atoms with E-state index in [0.29, 0.717) is 37.4 Å². The summed E-state index contributed by atoms with van der Waals surface area (Å²) in [6.45, 7) is 8.72. The predicted octanol–water partition coefficient (Wildman–Crippen LogP) is 3.21. The summed E-state index contributed by atoms with van der Waals surface area (Å²) in [5.74, 6) is 7.19. The summed E-state index contributed by atoms with van der Waals surface area (Å²) >= 11 is 0. The fourth-order valence-electron chi connectivity index (χ4n) is 5.98. The minimum absolute atomic E-state index is 0.100. The van der Waals surface area contributed by atoms with E-state index in [2.05, 4.69) is 42.4 Å². The highest BCUT2D eigenvalue weighted by Crippen LogP contribution is 2.32. The van der Waals surface area contributed by atoms with Gasteiger partial charge in [0.1, 0.15) is 29.4 Å². The molecule has 46 heavy (non-hydrogen) atoms. The highest BCUT2D eigenvalue weighted by atomic mass is 16.5. The maximum Gasteiger partial charge on any atom is 0.407 e.